The monoisotopic (exact) mass is 210 g/mol. The molecule has 0 spiro atoms. The summed E-state index contributed by atoms with van der Waals surface area (Å²) in [6, 6.07) is 0.0681. The second-order valence-electron chi connectivity index (χ2n) is 3.91. The van der Waals surface area contributed by atoms with Gasteiger partial charge in [0.1, 0.15) is 0 Å². The van der Waals surface area contributed by atoms with Crippen molar-refractivity contribution in [2.24, 2.45) is 0 Å². The van der Waals surface area contributed by atoms with Gasteiger partial charge in [-0.1, -0.05) is 11.6 Å². The van der Waals surface area contributed by atoms with E-state index in [4.69, 9.17) is 0 Å². The van der Waals surface area contributed by atoms with Crippen LogP contribution in [0.15, 0.2) is 11.6 Å². The Bertz CT molecular complexity index is 232. The summed E-state index contributed by atoms with van der Waals surface area (Å²) in [4.78, 5) is 13.4. The number of hydrogen-bond acceptors (Lipinski definition) is 1. The highest BCUT2D eigenvalue weighted by molar-refractivity contribution is 5.74. The molecule has 1 aliphatic rings. The Morgan fingerprint density at radius 1 is 1.47 bits per heavy atom. The normalized spacial score (nSPS) is 14.9. The number of urea groups is 1. The number of hydrogen-bond donors (Lipinski definition) is 1. The van der Waals surface area contributed by atoms with Gasteiger partial charge in [0.05, 0.1) is 0 Å². The van der Waals surface area contributed by atoms with Crippen LogP contribution in [-0.4, -0.2) is 30.6 Å². The molecule has 2 amide bonds. The standard InChI is InChI=1S/C12H22N2O/c1-3-14(4-2)12(15)13-10-9-11-7-5-6-8-11/h7H,3-6,8-10H2,1-2H3,(H,13,15). The van der Waals surface area contributed by atoms with Crippen LogP contribution in [0.3, 0.4) is 0 Å². The highest BCUT2D eigenvalue weighted by Crippen LogP contribution is 2.19. The molecule has 0 saturated carbocycles. The molecule has 0 aromatic rings. The van der Waals surface area contributed by atoms with Gasteiger partial charge in [-0.15, -0.1) is 0 Å². The van der Waals surface area contributed by atoms with Crippen molar-refractivity contribution in [1.82, 2.24) is 10.2 Å². The minimum Gasteiger partial charge on any atom is -0.338 e. The lowest BCUT2D eigenvalue weighted by molar-refractivity contribution is 0.203. The third-order valence-electron chi connectivity index (χ3n) is 2.91. The van der Waals surface area contributed by atoms with Crippen molar-refractivity contribution in [1.29, 1.82) is 0 Å². The Balaban J connectivity index is 2.16. The van der Waals surface area contributed by atoms with Crippen LogP contribution in [0.5, 0.6) is 0 Å². The van der Waals surface area contributed by atoms with E-state index in [1.807, 2.05) is 18.7 Å². The lowest BCUT2D eigenvalue weighted by Crippen LogP contribution is -2.40. The summed E-state index contributed by atoms with van der Waals surface area (Å²) in [6.07, 6.45) is 7.07. The minimum absolute atomic E-state index is 0.0681. The van der Waals surface area contributed by atoms with Crippen molar-refractivity contribution in [3.05, 3.63) is 11.6 Å². The van der Waals surface area contributed by atoms with Gasteiger partial charge in [0.25, 0.3) is 0 Å². The van der Waals surface area contributed by atoms with E-state index in [1.54, 1.807) is 0 Å². The van der Waals surface area contributed by atoms with Gasteiger partial charge in [0, 0.05) is 19.6 Å². The van der Waals surface area contributed by atoms with Gasteiger partial charge in [0.2, 0.25) is 0 Å². The van der Waals surface area contributed by atoms with Crippen molar-refractivity contribution in [2.45, 2.75) is 39.5 Å². The summed E-state index contributed by atoms with van der Waals surface area (Å²) in [6.45, 7) is 6.35. The maximum Gasteiger partial charge on any atom is 0.317 e. The molecule has 15 heavy (non-hydrogen) atoms. The Kier molecular flexibility index (Phi) is 5.22. The van der Waals surface area contributed by atoms with Crippen LogP contribution in [-0.2, 0) is 0 Å². The third kappa shape index (κ3) is 3.94. The molecule has 3 heteroatoms. The maximum atomic E-state index is 11.6. The number of rotatable bonds is 5. The smallest absolute Gasteiger partial charge is 0.317 e. The molecule has 1 rings (SSSR count). The highest BCUT2D eigenvalue weighted by atomic mass is 16.2. The molecule has 0 fully saturated rings. The van der Waals surface area contributed by atoms with E-state index in [9.17, 15) is 4.79 Å². The second-order valence-corrected chi connectivity index (χ2v) is 3.91. The highest BCUT2D eigenvalue weighted by Gasteiger charge is 2.09. The zero-order valence-corrected chi connectivity index (χ0v) is 9.88. The van der Waals surface area contributed by atoms with Crippen LogP contribution < -0.4 is 5.32 Å². The number of carbonyl (C=O) groups is 1. The van der Waals surface area contributed by atoms with E-state index in [2.05, 4.69) is 11.4 Å². The molecule has 0 unspecified atom stereocenters. The van der Waals surface area contributed by atoms with E-state index < -0.39 is 0 Å². The van der Waals surface area contributed by atoms with Gasteiger partial charge < -0.3 is 10.2 Å². The predicted molar refractivity (Wildman–Crippen MR) is 62.9 cm³/mol. The summed E-state index contributed by atoms with van der Waals surface area (Å²) >= 11 is 0. The molecule has 1 aliphatic carbocycles. The molecule has 1 N–H and O–H groups in total. The van der Waals surface area contributed by atoms with Crippen molar-refractivity contribution in [3.63, 3.8) is 0 Å². The van der Waals surface area contributed by atoms with Gasteiger partial charge in [-0.25, -0.2) is 4.79 Å². The molecule has 3 nitrogen and oxygen atoms in total. The van der Waals surface area contributed by atoms with Gasteiger partial charge in [-0.3, -0.25) is 0 Å². The first-order valence-corrected chi connectivity index (χ1v) is 5.98. The first-order chi connectivity index (χ1) is 7.27. The van der Waals surface area contributed by atoms with Crippen molar-refractivity contribution in [3.8, 4) is 0 Å². The number of allylic oxidation sites excluding steroid dienone is 1. The van der Waals surface area contributed by atoms with Crippen molar-refractivity contribution in [2.75, 3.05) is 19.6 Å². The molecule has 0 radical (unpaired) electrons. The van der Waals surface area contributed by atoms with Crippen LogP contribution >= 0.6 is 0 Å². The Morgan fingerprint density at radius 2 is 2.20 bits per heavy atom. The topological polar surface area (TPSA) is 32.3 Å². The summed E-state index contributed by atoms with van der Waals surface area (Å²) in [5, 5.41) is 2.96. The molecular weight excluding hydrogens is 188 g/mol. The SMILES string of the molecule is CCN(CC)C(=O)NCCC1=CCCC1. The summed E-state index contributed by atoms with van der Waals surface area (Å²) in [5.41, 5.74) is 1.51. The molecule has 0 saturated heterocycles. The van der Waals surface area contributed by atoms with E-state index in [0.29, 0.717) is 0 Å². The van der Waals surface area contributed by atoms with Crippen LogP contribution in [0.4, 0.5) is 4.79 Å². The second kappa shape index (κ2) is 6.49. The van der Waals surface area contributed by atoms with Crippen LogP contribution in [0.2, 0.25) is 0 Å². The quantitative estimate of drug-likeness (QED) is 0.695. The van der Waals surface area contributed by atoms with E-state index in [-0.39, 0.29) is 6.03 Å². The predicted octanol–water partition coefficient (Wildman–Crippen LogP) is 2.54. The molecule has 0 atom stereocenters. The molecule has 0 aliphatic heterocycles. The summed E-state index contributed by atoms with van der Waals surface area (Å²) < 4.78 is 0. The lowest BCUT2D eigenvalue weighted by Gasteiger charge is -2.19. The van der Waals surface area contributed by atoms with E-state index in [0.717, 1.165) is 26.1 Å². The van der Waals surface area contributed by atoms with E-state index >= 15 is 0 Å². The van der Waals surface area contributed by atoms with Gasteiger partial charge in [-0.05, 0) is 39.5 Å². The molecule has 0 heterocycles. The number of carbonyl (C=O) groups excluding carboxylic acids is 1. The molecule has 0 aromatic heterocycles. The average molecular weight is 210 g/mol. The fourth-order valence-electron chi connectivity index (χ4n) is 1.92. The van der Waals surface area contributed by atoms with Gasteiger partial charge >= 0.3 is 6.03 Å². The van der Waals surface area contributed by atoms with Crippen LogP contribution in [0.1, 0.15) is 39.5 Å². The van der Waals surface area contributed by atoms with Gasteiger partial charge in [0.15, 0.2) is 0 Å². The largest absolute Gasteiger partial charge is 0.338 e. The minimum atomic E-state index is 0.0681. The fourth-order valence-corrected chi connectivity index (χ4v) is 1.92. The summed E-state index contributed by atoms with van der Waals surface area (Å²) in [7, 11) is 0. The average Bonchev–Trinajstić information content (AvgIpc) is 2.72. The summed E-state index contributed by atoms with van der Waals surface area (Å²) in [5.74, 6) is 0. The number of amides is 2. The number of nitrogens with zero attached hydrogens (tertiary/aromatic N) is 1. The van der Waals surface area contributed by atoms with Crippen LogP contribution in [0.25, 0.3) is 0 Å². The Labute approximate surface area is 92.5 Å². The van der Waals surface area contributed by atoms with Crippen molar-refractivity contribution >= 4 is 6.03 Å². The van der Waals surface area contributed by atoms with Crippen LogP contribution in [0, 0.1) is 0 Å². The van der Waals surface area contributed by atoms with Crippen molar-refractivity contribution < 1.29 is 4.79 Å². The lowest BCUT2D eigenvalue weighted by atomic mass is 10.2. The Morgan fingerprint density at radius 3 is 2.73 bits per heavy atom. The van der Waals surface area contributed by atoms with Gasteiger partial charge in [-0.2, -0.15) is 0 Å². The molecule has 86 valence electrons. The molecule has 0 bridgehead atoms. The number of nitrogens with one attached hydrogen (secondary N) is 1. The van der Waals surface area contributed by atoms with E-state index in [1.165, 1.54) is 24.8 Å². The first-order valence-electron chi connectivity index (χ1n) is 5.98. The molecule has 0 aromatic carbocycles. The zero-order chi connectivity index (χ0) is 11.1. The molecular formula is C12H22N2O. The third-order valence-corrected chi connectivity index (χ3v) is 2.91. The first kappa shape index (κ1) is 12.1. The zero-order valence-electron chi connectivity index (χ0n) is 9.88. The maximum absolute atomic E-state index is 11.6. The fraction of sp³-hybridized carbons (Fsp3) is 0.750. The Hall–Kier alpha value is -0.990.